The van der Waals surface area contributed by atoms with Crippen LogP contribution in [0.4, 0.5) is 5.69 Å². The summed E-state index contributed by atoms with van der Waals surface area (Å²) < 4.78 is 27.5. The van der Waals surface area contributed by atoms with Crippen LogP contribution in [-0.4, -0.2) is 5.11 Å². The second-order valence-electron chi connectivity index (χ2n) is 7.41. The predicted molar refractivity (Wildman–Crippen MR) is 135 cm³/mol. The Morgan fingerprint density at radius 3 is 1.94 bits per heavy atom. The highest BCUT2D eigenvalue weighted by molar-refractivity contribution is 9.10. The molecule has 4 aromatic rings. The smallest absolute Gasteiger partial charge is 0.457 e. The Morgan fingerprint density at radius 1 is 0.818 bits per heavy atom. The number of phenols is 1. The minimum Gasteiger partial charge on any atom is -0.508 e. The van der Waals surface area contributed by atoms with Crippen LogP contribution >= 0.6 is 23.5 Å². The molecule has 0 amide bonds. The second-order valence-corrected chi connectivity index (χ2v) is 10.3. The average Bonchev–Trinajstić information content (AvgIpc) is 2.81. The fourth-order valence-electron chi connectivity index (χ4n) is 3.33. The van der Waals surface area contributed by atoms with Crippen LogP contribution in [-0.2, 0) is 4.57 Å². The Bertz CT molecular complexity index is 1220. The van der Waals surface area contributed by atoms with Crippen LogP contribution in [0, 0.1) is 6.92 Å². The van der Waals surface area contributed by atoms with Crippen LogP contribution in [0.15, 0.2) is 108 Å². The molecule has 0 radical (unpaired) electrons. The molecule has 0 saturated heterocycles. The summed E-state index contributed by atoms with van der Waals surface area (Å²) >= 11 is 3.45. The van der Waals surface area contributed by atoms with Crippen molar-refractivity contribution in [1.82, 2.24) is 0 Å². The first-order chi connectivity index (χ1) is 15.9. The van der Waals surface area contributed by atoms with E-state index < -0.39 is 13.4 Å². The lowest BCUT2D eigenvalue weighted by Crippen LogP contribution is -2.19. The summed E-state index contributed by atoms with van der Waals surface area (Å²) in [4.78, 5) is 0. The van der Waals surface area contributed by atoms with Crippen LogP contribution < -0.4 is 14.4 Å². The zero-order chi connectivity index (χ0) is 23.3. The van der Waals surface area contributed by atoms with Crippen molar-refractivity contribution >= 4 is 29.2 Å². The zero-order valence-electron chi connectivity index (χ0n) is 17.9. The standard InChI is InChI=1S/C26H23BrNO4P/c1-19-10-8-9-15-24(19)28-26(23-18-20(27)16-17-25(23)29)33(30,31-21-11-4-2-5-12-21)32-22-13-6-3-7-14-22/h2-18,26,28-29H,1H3. The SMILES string of the molecule is Cc1ccccc1NC(c1cc(Br)ccc1O)P(=O)(Oc1ccccc1)Oc1ccccc1. The van der Waals surface area contributed by atoms with Gasteiger partial charge in [0.25, 0.3) is 0 Å². The molecule has 4 aromatic carbocycles. The lowest BCUT2D eigenvalue weighted by molar-refractivity contribution is 0.374. The zero-order valence-corrected chi connectivity index (χ0v) is 20.4. The van der Waals surface area contributed by atoms with E-state index in [4.69, 9.17) is 9.05 Å². The maximum Gasteiger partial charge on any atom is 0.457 e. The van der Waals surface area contributed by atoms with Gasteiger partial charge in [-0.1, -0.05) is 70.5 Å². The number of aromatic hydroxyl groups is 1. The molecule has 33 heavy (non-hydrogen) atoms. The number of hydrogen-bond acceptors (Lipinski definition) is 5. The number of nitrogens with one attached hydrogen (secondary N) is 1. The summed E-state index contributed by atoms with van der Waals surface area (Å²) in [6, 6.07) is 30.3. The first-order valence-corrected chi connectivity index (χ1v) is 12.7. The third kappa shape index (κ3) is 5.59. The minimum absolute atomic E-state index is 0.0298. The van der Waals surface area contributed by atoms with E-state index >= 15 is 0 Å². The average molecular weight is 524 g/mol. The number of hydrogen-bond donors (Lipinski definition) is 2. The Morgan fingerprint density at radius 2 is 1.36 bits per heavy atom. The topological polar surface area (TPSA) is 67.8 Å². The number of halogens is 1. The molecule has 1 unspecified atom stereocenters. The second kappa shape index (κ2) is 10.2. The first kappa shape index (κ1) is 23.0. The van der Waals surface area contributed by atoms with Crippen molar-refractivity contribution in [2.24, 2.45) is 0 Å². The quantitative estimate of drug-likeness (QED) is 0.229. The van der Waals surface area contributed by atoms with Gasteiger partial charge in [-0.05, 0) is 61.0 Å². The van der Waals surface area contributed by atoms with Crippen LogP contribution in [0.5, 0.6) is 17.2 Å². The van der Waals surface area contributed by atoms with Crippen molar-refractivity contribution in [3.8, 4) is 17.2 Å². The number of anilines is 1. The molecule has 0 aliphatic carbocycles. The maximum atomic E-state index is 14.6. The van der Waals surface area contributed by atoms with E-state index in [1.165, 1.54) is 0 Å². The van der Waals surface area contributed by atoms with Gasteiger partial charge in [-0.25, -0.2) is 4.57 Å². The van der Waals surface area contributed by atoms with Gasteiger partial charge in [0.1, 0.15) is 17.2 Å². The highest BCUT2D eigenvalue weighted by atomic mass is 79.9. The van der Waals surface area contributed by atoms with Crippen molar-refractivity contribution in [2.75, 3.05) is 5.32 Å². The van der Waals surface area contributed by atoms with Gasteiger partial charge in [0, 0.05) is 15.7 Å². The molecule has 0 fully saturated rings. The van der Waals surface area contributed by atoms with Gasteiger partial charge < -0.3 is 19.5 Å². The molecule has 0 saturated carbocycles. The molecule has 0 bridgehead atoms. The summed E-state index contributed by atoms with van der Waals surface area (Å²) in [5.74, 6) is -0.264. The molecule has 5 nitrogen and oxygen atoms in total. The number of benzene rings is 4. The van der Waals surface area contributed by atoms with E-state index in [0.29, 0.717) is 17.1 Å². The molecule has 0 aliphatic rings. The van der Waals surface area contributed by atoms with E-state index in [9.17, 15) is 9.67 Å². The Balaban J connectivity index is 1.87. The molecule has 4 rings (SSSR count). The highest BCUT2D eigenvalue weighted by Gasteiger charge is 2.42. The predicted octanol–water partition coefficient (Wildman–Crippen LogP) is 7.92. The van der Waals surface area contributed by atoms with Gasteiger partial charge in [-0.2, -0.15) is 0 Å². The molecular weight excluding hydrogens is 501 g/mol. The fraction of sp³-hybridized carbons (Fsp3) is 0.0769. The van der Waals surface area contributed by atoms with Crippen LogP contribution in [0.2, 0.25) is 0 Å². The van der Waals surface area contributed by atoms with Crippen molar-refractivity contribution < 1.29 is 18.7 Å². The van der Waals surface area contributed by atoms with Crippen molar-refractivity contribution in [2.45, 2.75) is 12.7 Å². The van der Waals surface area contributed by atoms with Gasteiger partial charge in [0.15, 0.2) is 5.78 Å². The third-order valence-corrected chi connectivity index (χ3v) is 7.45. The molecule has 168 valence electrons. The van der Waals surface area contributed by atoms with Gasteiger partial charge in [-0.3, -0.25) is 0 Å². The molecule has 0 aliphatic heterocycles. The van der Waals surface area contributed by atoms with E-state index in [1.54, 1.807) is 66.7 Å². The summed E-state index contributed by atoms with van der Waals surface area (Å²) in [6.07, 6.45) is 0. The van der Waals surface area contributed by atoms with E-state index in [-0.39, 0.29) is 5.75 Å². The van der Waals surface area contributed by atoms with E-state index in [2.05, 4.69) is 21.2 Å². The van der Waals surface area contributed by atoms with E-state index in [1.807, 2.05) is 43.3 Å². The Labute approximate surface area is 201 Å². The highest BCUT2D eigenvalue weighted by Crippen LogP contribution is 2.61. The fourth-order valence-corrected chi connectivity index (χ4v) is 5.64. The lowest BCUT2D eigenvalue weighted by atomic mass is 10.1. The number of phenolic OH excluding ortho intramolecular Hbond substituents is 1. The number of rotatable bonds is 8. The molecule has 7 heteroatoms. The summed E-state index contributed by atoms with van der Waals surface area (Å²) in [7, 11) is -4.02. The van der Waals surface area contributed by atoms with Gasteiger partial charge in [-0.15, -0.1) is 0 Å². The van der Waals surface area contributed by atoms with Crippen LogP contribution in [0.25, 0.3) is 0 Å². The summed E-state index contributed by atoms with van der Waals surface area (Å²) in [6.45, 7) is 1.95. The molecule has 0 spiro atoms. The molecular formula is C26H23BrNO4P. The van der Waals surface area contributed by atoms with Gasteiger partial charge in [0.05, 0.1) is 0 Å². The molecule has 2 N–H and O–H groups in total. The Hall–Kier alpha value is -3.21. The van der Waals surface area contributed by atoms with Crippen molar-refractivity contribution in [3.63, 3.8) is 0 Å². The van der Waals surface area contributed by atoms with Crippen LogP contribution in [0.3, 0.4) is 0 Å². The normalized spacial score (nSPS) is 12.1. The number of aryl methyl sites for hydroxylation is 1. The first-order valence-electron chi connectivity index (χ1n) is 10.3. The van der Waals surface area contributed by atoms with Crippen molar-refractivity contribution in [3.05, 3.63) is 119 Å². The third-order valence-electron chi connectivity index (χ3n) is 4.99. The Kier molecular flexibility index (Phi) is 7.07. The van der Waals surface area contributed by atoms with Gasteiger partial charge >= 0.3 is 7.60 Å². The summed E-state index contributed by atoms with van der Waals surface area (Å²) in [5, 5.41) is 14.1. The lowest BCUT2D eigenvalue weighted by Gasteiger charge is -2.30. The molecule has 0 heterocycles. The number of para-hydroxylation sites is 3. The van der Waals surface area contributed by atoms with Crippen LogP contribution in [0.1, 0.15) is 16.9 Å². The minimum atomic E-state index is -4.02. The summed E-state index contributed by atoms with van der Waals surface area (Å²) in [5.41, 5.74) is 2.07. The molecule has 1 atom stereocenters. The van der Waals surface area contributed by atoms with E-state index in [0.717, 1.165) is 15.7 Å². The monoisotopic (exact) mass is 523 g/mol. The molecule has 0 aromatic heterocycles. The largest absolute Gasteiger partial charge is 0.508 e. The van der Waals surface area contributed by atoms with Crippen molar-refractivity contribution in [1.29, 1.82) is 0 Å². The van der Waals surface area contributed by atoms with Gasteiger partial charge in [0.2, 0.25) is 0 Å². The maximum absolute atomic E-state index is 14.6.